The van der Waals surface area contributed by atoms with Crippen LogP contribution in [0.2, 0.25) is 5.02 Å². The molecule has 0 aromatic heterocycles. The summed E-state index contributed by atoms with van der Waals surface area (Å²) in [4.78, 5) is 0. The molecule has 0 aliphatic carbocycles. The van der Waals surface area contributed by atoms with E-state index in [4.69, 9.17) is 11.6 Å². The molecule has 3 aromatic carbocycles. The second-order valence-corrected chi connectivity index (χ2v) is 6.28. The van der Waals surface area contributed by atoms with Crippen LogP contribution < -0.4 is 0 Å². The van der Waals surface area contributed by atoms with E-state index in [0.717, 1.165) is 5.02 Å². The van der Waals surface area contributed by atoms with Gasteiger partial charge in [0.15, 0.2) is 0 Å². The van der Waals surface area contributed by atoms with E-state index < -0.39 is 0 Å². The lowest BCUT2D eigenvalue weighted by atomic mass is 10.0. The Kier molecular flexibility index (Phi) is 4.08. The van der Waals surface area contributed by atoms with E-state index >= 15 is 0 Å². The van der Waals surface area contributed by atoms with E-state index in [1.165, 1.54) is 25.8 Å². The maximum Gasteiger partial charge on any atom is 0.0406 e. The Morgan fingerprint density at radius 3 is 1.65 bits per heavy atom. The molecular formula is C18H12ClI. The molecule has 0 fully saturated rings. The number of hydrogen-bond acceptors (Lipinski definition) is 0. The third-order valence-corrected chi connectivity index (χ3v) is 4.14. The largest absolute Gasteiger partial charge is 0.0843 e. The molecule has 0 nitrogen and oxygen atoms in total. The first-order valence-corrected chi connectivity index (χ1v) is 7.80. The zero-order valence-corrected chi connectivity index (χ0v) is 13.6. The first-order chi connectivity index (χ1) is 9.72. The number of rotatable bonds is 2. The lowest BCUT2D eigenvalue weighted by molar-refractivity contribution is 1.57. The highest BCUT2D eigenvalue weighted by Gasteiger charge is 2.01. The monoisotopic (exact) mass is 390 g/mol. The molecule has 3 aromatic rings. The van der Waals surface area contributed by atoms with Crippen molar-refractivity contribution in [2.45, 2.75) is 0 Å². The van der Waals surface area contributed by atoms with Crippen molar-refractivity contribution in [3.05, 3.63) is 81.4 Å². The predicted octanol–water partition coefficient (Wildman–Crippen LogP) is 6.28. The van der Waals surface area contributed by atoms with Crippen LogP contribution in [0, 0.1) is 3.57 Å². The molecule has 98 valence electrons. The minimum absolute atomic E-state index is 0.768. The van der Waals surface area contributed by atoms with Gasteiger partial charge in [0.25, 0.3) is 0 Å². The molecule has 0 saturated carbocycles. The van der Waals surface area contributed by atoms with Crippen LogP contribution >= 0.6 is 34.2 Å². The molecule has 0 heterocycles. The lowest BCUT2D eigenvalue weighted by Crippen LogP contribution is -1.81. The van der Waals surface area contributed by atoms with Gasteiger partial charge in [-0.1, -0.05) is 60.1 Å². The van der Waals surface area contributed by atoms with Crippen molar-refractivity contribution >= 4 is 34.2 Å². The molecule has 0 aliphatic rings. The van der Waals surface area contributed by atoms with Gasteiger partial charge in [0, 0.05) is 8.59 Å². The molecule has 0 spiro atoms. The zero-order chi connectivity index (χ0) is 13.9. The van der Waals surface area contributed by atoms with Gasteiger partial charge in [-0.15, -0.1) is 0 Å². The Labute approximate surface area is 137 Å². The van der Waals surface area contributed by atoms with Crippen LogP contribution in [-0.4, -0.2) is 0 Å². The van der Waals surface area contributed by atoms with Crippen LogP contribution in [0.1, 0.15) is 0 Å². The van der Waals surface area contributed by atoms with Gasteiger partial charge in [0.2, 0.25) is 0 Å². The maximum absolute atomic E-state index is 5.92. The molecule has 0 unspecified atom stereocenters. The minimum Gasteiger partial charge on any atom is -0.0843 e. The third kappa shape index (κ3) is 3.05. The van der Waals surface area contributed by atoms with Crippen molar-refractivity contribution < 1.29 is 0 Å². The van der Waals surface area contributed by atoms with Gasteiger partial charge in [-0.2, -0.15) is 0 Å². The van der Waals surface area contributed by atoms with Crippen molar-refractivity contribution in [1.82, 2.24) is 0 Å². The summed E-state index contributed by atoms with van der Waals surface area (Å²) in [7, 11) is 0. The van der Waals surface area contributed by atoms with Crippen molar-refractivity contribution in [2.75, 3.05) is 0 Å². The number of halogens is 2. The second-order valence-electron chi connectivity index (χ2n) is 4.59. The van der Waals surface area contributed by atoms with Gasteiger partial charge >= 0.3 is 0 Å². The highest BCUT2D eigenvalue weighted by Crippen LogP contribution is 2.26. The summed E-state index contributed by atoms with van der Waals surface area (Å²) in [5.74, 6) is 0. The zero-order valence-electron chi connectivity index (χ0n) is 10.7. The predicted molar refractivity (Wildman–Crippen MR) is 95.0 cm³/mol. The van der Waals surface area contributed by atoms with Gasteiger partial charge in [0.1, 0.15) is 0 Å². The minimum atomic E-state index is 0.768. The fourth-order valence-electron chi connectivity index (χ4n) is 2.17. The Bertz CT molecular complexity index is 715. The van der Waals surface area contributed by atoms with Gasteiger partial charge in [-0.3, -0.25) is 0 Å². The molecule has 0 atom stereocenters. The Morgan fingerprint density at radius 2 is 1.10 bits per heavy atom. The highest BCUT2D eigenvalue weighted by molar-refractivity contribution is 14.1. The van der Waals surface area contributed by atoms with Crippen molar-refractivity contribution in [1.29, 1.82) is 0 Å². The van der Waals surface area contributed by atoms with E-state index in [2.05, 4.69) is 71.1 Å². The maximum atomic E-state index is 5.92. The second kappa shape index (κ2) is 5.98. The van der Waals surface area contributed by atoms with Crippen LogP contribution in [-0.2, 0) is 0 Å². The summed E-state index contributed by atoms with van der Waals surface area (Å²) in [6.07, 6.45) is 0. The number of hydrogen-bond donors (Lipinski definition) is 0. The van der Waals surface area contributed by atoms with Gasteiger partial charge < -0.3 is 0 Å². The van der Waals surface area contributed by atoms with Crippen LogP contribution in [0.4, 0.5) is 0 Å². The lowest BCUT2D eigenvalue weighted by Gasteiger charge is -2.05. The molecule has 0 aliphatic heterocycles. The van der Waals surface area contributed by atoms with Gasteiger partial charge in [-0.05, 0) is 69.1 Å². The molecule has 0 bridgehead atoms. The van der Waals surface area contributed by atoms with Crippen LogP contribution in [0.5, 0.6) is 0 Å². The molecule has 0 N–H and O–H groups in total. The first kappa shape index (κ1) is 13.7. The van der Waals surface area contributed by atoms with Crippen LogP contribution in [0.15, 0.2) is 72.8 Å². The fraction of sp³-hybridized carbons (Fsp3) is 0. The Balaban J connectivity index is 1.93. The Morgan fingerprint density at radius 1 is 0.600 bits per heavy atom. The van der Waals surface area contributed by atoms with Crippen LogP contribution in [0.25, 0.3) is 22.3 Å². The van der Waals surface area contributed by atoms with E-state index in [-0.39, 0.29) is 0 Å². The van der Waals surface area contributed by atoms with Gasteiger partial charge in [0.05, 0.1) is 0 Å². The van der Waals surface area contributed by atoms with Crippen molar-refractivity contribution in [2.24, 2.45) is 0 Å². The smallest absolute Gasteiger partial charge is 0.0406 e. The van der Waals surface area contributed by atoms with E-state index in [1.807, 2.05) is 24.3 Å². The SMILES string of the molecule is Clc1ccc(-c2ccc(-c3cccc(I)c3)cc2)cc1. The first-order valence-electron chi connectivity index (χ1n) is 6.34. The molecule has 0 radical (unpaired) electrons. The van der Waals surface area contributed by atoms with Gasteiger partial charge in [-0.25, -0.2) is 0 Å². The molecular weight excluding hydrogens is 379 g/mol. The molecule has 20 heavy (non-hydrogen) atoms. The average molecular weight is 391 g/mol. The van der Waals surface area contributed by atoms with E-state index in [0.29, 0.717) is 0 Å². The molecule has 3 rings (SSSR count). The summed E-state index contributed by atoms with van der Waals surface area (Å²) >= 11 is 8.26. The summed E-state index contributed by atoms with van der Waals surface area (Å²) in [6, 6.07) is 25.1. The average Bonchev–Trinajstić information content (AvgIpc) is 2.48. The van der Waals surface area contributed by atoms with Crippen molar-refractivity contribution in [3.8, 4) is 22.3 Å². The summed E-state index contributed by atoms with van der Waals surface area (Å²) in [6.45, 7) is 0. The van der Waals surface area contributed by atoms with E-state index in [9.17, 15) is 0 Å². The Hall–Kier alpha value is -1.32. The molecule has 0 amide bonds. The summed E-state index contributed by atoms with van der Waals surface area (Å²) in [5, 5.41) is 0.768. The summed E-state index contributed by atoms with van der Waals surface area (Å²) in [5.41, 5.74) is 4.88. The van der Waals surface area contributed by atoms with Crippen molar-refractivity contribution in [3.63, 3.8) is 0 Å². The van der Waals surface area contributed by atoms with E-state index in [1.54, 1.807) is 0 Å². The van der Waals surface area contributed by atoms with Crippen LogP contribution in [0.3, 0.4) is 0 Å². The standard InChI is InChI=1S/C18H12ClI/c19-17-10-8-14(9-11-17)13-4-6-15(7-5-13)16-2-1-3-18(20)12-16/h1-12H. The molecule has 2 heteroatoms. The molecule has 0 saturated heterocycles. The third-order valence-electron chi connectivity index (χ3n) is 3.22. The highest BCUT2D eigenvalue weighted by atomic mass is 127. The fourth-order valence-corrected chi connectivity index (χ4v) is 2.83. The quantitative estimate of drug-likeness (QED) is 0.452. The number of benzene rings is 3. The normalized spacial score (nSPS) is 10.5. The topological polar surface area (TPSA) is 0 Å². The summed E-state index contributed by atoms with van der Waals surface area (Å²) < 4.78 is 1.25.